The second-order valence-corrected chi connectivity index (χ2v) is 2.88. The number of hydrogen-bond donors (Lipinski definition) is 3. The molecule has 1 aromatic heterocycles. The van der Waals surface area contributed by atoms with E-state index in [0.717, 1.165) is 18.7 Å². The van der Waals surface area contributed by atoms with Crippen LogP contribution in [0.3, 0.4) is 0 Å². The van der Waals surface area contributed by atoms with Crippen LogP contribution < -0.4 is 16.6 Å². The molecule has 5 heteroatoms. The first-order valence-electron chi connectivity index (χ1n) is 3.97. The van der Waals surface area contributed by atoms with Crippen LogP contribution in [-0.2, 0) is 6.42 Å². The summed E-state index contributed by atoms with van der Waals surface area (Å²) in [5.74, 6) is 5.08. The van der Waals surface area contributed by atoms with E-state index in [1.54, 1.807) is 6.20 Å². The van der Waals surface area contributed by atoms with Crippen molar-refractivity contribution in [3.05, 3.63) is 30.1 Å². The highest BCUT2D eigenvalue weighted by Gasteiger charge is 1.93. The van der Waals surface area contributed by atoms with Gasteiger partial charge in [-0.15, -0.1) is 0 Å². The lowest BCUT2D eigenvalue weighted by Crippen LogP contribution is -2.40. The van der Waals surface area contributed by atoms with Crippen LogP contribution in [0.1, 0.15) is 5.69 Å². The van der Waals surface area contributed by atoms with Crippen LogP contribution in [0.2, 0.25) is 0 Å². The molecule has 0 aliphatic heterocycles. The van der Waals surface area contributed by atoms with E-state index in [-0.39, 0.29) is 0 Å². The highest BCUT2D eigenvalue weighted by molar-refractivity contribution is 7.80. The van der Waals surface area contributed by atoms with Crippen molar-refractivity contribution in [3.8, 4) is 0 Å². The molecular weight excluding hydrogens is 184 g/mol. The van der Waals surface area contributed by atoms with Crippen molar-refractivity contribution in [3.63, 3.8) is 0 Å². The largest absolute Gasteiger partial charge is 0.361 e. The zero-order valence-corrected chi connectivity index (χ0v) is 7.97. The molecule has 70 valence electrons. The van der Waals surface area contributed by atoms with Gasteiger partial charge < -0.3 is 10.7 Å². The Labute approximate surface area is 82.5 Å². The van der Waals surface area contributed by atoms with Crippen LogP contribution >= 0.6 is 12.2 Å². The molecule has 4 N–H and O–H groups in total. The van der Waals surface area contributed by atoms with Crippen molar-refractivity contribution in [2.45, 2.75) is 6.42 Å². The van der Waals surface area contributed by atoms with Crippen molar-refractivity contribution >= 4 is 17.3 Å². The molecular formula is C8H12N4S. The lowest BCUT2D eigenvalue weighted by molar-refractivity contribution is 0.818. The quantitative estimate of drug-likeness (QED) is 0.360. The van der Waals surface area contributed by atoms with Crippen molar-refractivity contribution < 1.29 is 0 Å². The SMILES string of the molecule is NNC(=S)NCCc1ccccn1. The highest BCUT2D eigenvalue weighted by atomic mass is 32.1. The fourth-order valence-electron chi connectivity index (χ4n) is 0.901. The third kappa shape index (κ3) is 3.82. The molecule has 0 saturated carbocycles. The van der Waals surface area contributed by atoms with Gasteiger partial charge in [0.2, 0.25) is 0 Å². The molecule has 0 spiro atoms. The molecule has 1 aromatic rings. The van der Waals surface area contributed by atoms with E-state index >= 15 is 0 Å². The summed E-state index contributed by atoms with van der Waals surface area (Å²) in [6.07, 6.45) is 2.61. The second-order valence-electron chi connectivity index (χ2n) is 2.47. The van der Waals surface area contributed by atoms with Gasteiger partial charge in [0.05, 0.1) is 0 Å². The van der Waals surface area contributed by atoms with Gasteiger partial charge in [-0.3, -0.25) is 4.98 Å². The Bertz CT molecular complexity index is 262. The van der Waals surface area contributed by atoms with Crippen molar-refractivity contribution in [2.24, 2.45) is 5.84 Å². The zero-order chi connectivity index (χ0) is 9.52. The first-order valence-corrected chi connectivity index (χ1v) is 4.38. The van der Waals surface area contributed by atoms with Crippen LogP contribution in [0.25, 0.3) is 0 Å². The van der Waals surface area contributed by atoms with E-state index < -0.39 is 0 Å². The van der Waals surface area contributed by atoms with Gasteiger partial charge in [0, 0.05) is 24.9 Å². The molecule has 0 aliphatic carbocycles. The summed E-state index contributed by atoms with van der Waals surface area (Å²) in [5.41, 5.74) is 3.39. The first-order chi connectivity index (χ1) is 6.33. The van der Waals surface area contributed by atoms with Gasteiger partial charge in [0.25, 0.3) is 0 Å². The van der Waals surface area contributed by atoms with Crippen molar-refractivity contribution in [2.75, 3.05) is 6.54 Å². The normalized spacial score (nSPS) is 9.31. The number of nitrogens with two attached hydrogens (primary N) is 1. The molecule has 1 heterocycles. The Hall–Kier alpha value is -1.20. The lowest BCUT2D eigenvalue weighted by Gasteiger charge is -2.05. The van der Waals surface area contributed by atoms with Crippen LogP contribution in [-0.4, -0.2) is 16.6 Å². The Morgan fingerprint density at radius 3 is 3.00 bits per heavy atom. The van der Waals surface area contributed by atoms with E-state index in [0.29, 0.717) is 5.11 Å². The Morgan fingerprint density at radius 2 is 2.38 bits per heavy atom. The molecule has 4 nitrogen and oxygen atoms in total. The molecule has 13 heavy (non-hydrogen) atoms. The molecule has 0 aliphatic rings. The minimum Gasteiger partial charge on any atom is -0.361 e. The summed E-state index contributed by atoms with van der Waals surface area (Å²) >= 11 is 4.80. The van der Waals surface area contributed by atoms with Crippen LogP contribution in [0.4, 0.5) is 0 Å². The van der Waals surface area contributed by atoms with E-state index in [2.05, 4.69) is 15.7 Å². The number of hydrazine groups is 1. The van der Waals surface area contributed by atoms with Gasteiger partial charge in [0.15, 0.2) is 5.11 Å². The first kappa shape index (κ1) is 9.88. The number of aromatic nitrogens is 1. The van der Waals surface area contributed by atoms with Crippen molar-refractivity contribution in [1.29, 1.82) is 0 Å². The van der Waals surface area contributed by atoms with Gasteiger partial charge in [-0.1, -0.05) is 6.07 Å². The van der Waals surface area contributed by atoms with Crippen LogP contribution in [0.15, 0.2) is 24.4 Å². The number of nitrogens with zero attached hydrogens (tertiary/aromatic N) is 1. The number of thiocarbonyl (C=S) groups is 1. The van der Waals surface area contributed by atoms with Gasteiger partial charge in [0.1, 0.15) is 0 Å². The summed E-state index contributed by atoms with van der Waals surface area (Å²) in [5, 5.41) is 3.39. The molecule has 0 radical (unpaired) electrons. The molecule has 0 atom stereocenters. The van der Waals surface area contributed by atoms with E-state index in [9.17, 15) is 0 Å². The maximum atomic E-state index is 5.08. The van der Waals surface area contributed by atoms with E-state index in [1.165, 1.54) is 0 Å². The fourth-order valence-corrected chi connectivity index (χ4v) is 1.00. The van der Waals surface area contributed by atoms with E-state index in [1.807, 2.05) is 18.2 Å². The highest BCUT2D eigenvalue weighted by Crippen LogP contribution is 1.92. The molecule has 0 unspecified atom stereocenters. The molecule has 1 rings (SSSR count). The number of nitrogens with one attached hydrogen (secondary N) is 2. The third-order valence-electron chi connectivity index (χ3n) is 1.52. The standard InChI is InChI=1S/C8H12N4S/c9-12-8(13)11-6-4-7-3-1-2-5-10-7/h1-3,5H,4,6,9H2,(H2,11,12,13). The number of rotatable bonds is 3. The summed E-state index contributed by atoms with van der Waals surface area (Å²) in [6.45, 7) is 0.736. The maximum Gasteiger partial charge on any atom is 0.180 e. The summed E-state index contributed by atoms with van der Waals surface area (Å²) in [7, 11) is 0. The Kier molecular flexibility index (Phi) is 4.14. The molecule has 0 saturated heterocycles. The van der Waals surface area contributed by atoms with Crippen LogP contribution in [0.5, 0.6) is 0 Å². The minimum absolute atomic E-state index is 0.455. The van der Waals surface area contributed by atoms with E-state index in [4.69, 9.17) is 18.1 Å². The minimum atomic E-state index is 0.455. The predicted octanol–water partition coefficient (Wildman–Crippen LogP) is -0.0381. The predicted molar refractivity (Wildman–Crippen MR) is 55.9 cm³/mol. The van der Waals surface area contributed by atoms with Gasteiger partial charge in [-0.05, 0) is 24.4 Å². The zero-order valence-electron chi connectivity index (χ0n) is 7.16. The van der Waals surface area contributed by atoms with Crippen molar-refractivity contribution in [1.82, 2.24) is 15.7 Å². The topological polar surface area (TPSA) is 63.0 Å². The van der Waals surface area contributed by atoms with Gasteiger partial charge in [-0.25, -0.2) is 5.84 Å². The van der Waals surface area contributed by atoms with Crippen LogP contribution in [0, 0.1) is 0 Å². The maximum absolute atomic E-state index is 5.08. The molecule has 0 aromatic carbocycles. The average molecular weight is 196 g/mol. The summed E-state index contributed by atoms with van der Waals surface area (Å²) in [6, 6.07) is 5.82. The summed E-state index contributed by atoms with van der Waals surface area (Å²) < 4.78 is 0. The monoisotopic (exact) mass is 196 g/mol. The number of pyridine rings is 1. The smallest absolute Gasteiger partial charge is 0.180 e. The third-order valence-corrected chi connectivity index (χ3v) is 1.79. The molecule has 0 amide bonds. The van der Waals surface area contributed by atoms with Gasteiger partial charge >= 0.3 is 0 Å². The second kappa shape index (κ2) is 5.45. The molecule has 0 bridgehead atoms. The average Bonchev–Trinajstić information content (AvgIpc) is 2.19. The summed E-state index contributed by atoms with van der Waals surface area (Å²) in [4.78, 5) is 4.17. The number of hydrogen-bond acceptors (Lipinski definition) is 3. The molecule has 0 fully saturated rings. The van der Waals surface area contributed by atoms with Gasteiger partial charge in [-0.2, -0.15) is 0 Å². The Morgan fingerprint density at radius 1 is 1.54 bits per heavy atom. The Balaban J connectivity index is 2.24. The lowest BCUT2D eigenvalue weighted by atomic mass is 10.3. The fraction of sp³-hybridized carbons (Fsp3) is 0.250.